The highest BCUT2D eigenvalue weighted by molar-refractivity contribution is 8.00. The van der Waals surface area contributed by atoms with Crippen LogP contribution in [0.15, 0.2) is 0 Å². The first-order valence-electron chi connectivity index (χ1n) is 5.34. The van der Waals surface area contributed by atoms with Gasteiger partial charge in [0, 0.05) is 11.2 Å². The largest absolute Gasteiger partial charge is 0.298 e. The monoisotopic (exact) mass is 200 g/mol. The van der Waals surface area contributed by atoms with E-state index in [0.29, 0.717) is 5.78 Å². The fourth-order valence-electron chi connectivity index (χ4n) is 1.60. The second-order valence-corrected chi connectivity index (χ2v) is 5.48. The van der Waals surface area contributed by atoms with Crippen molar-refractivity contribution >= 4 is 17.5 Å². The van der Waals surface area contributed by atoms with Crippen LogP contribution in [0.5, 0.6) is 0 Å². The summed E-state index contributed by atoms with van der Waals surface area (Å²) in [5, 5.41) is 0.774. The van der Waals surface area contributed by atoms with E-state index in [0.717, 1.165) is 11.0 Å². The Kier molecular flexibility index (Phi) is 4.86. The van der Waals surface area contributed by atoms with E-state index in [1.165, 1.54) is 32.1 Å². The van der Waals surface area contributed by atoms with Crippen LogP contribution in [-0.2, 0) is 4.79 Å². The van der Waals surface area contributed by atoms with Crippen LogP contribution in [0.3, 0.4) is 0 Å². The van der Waals surface area contributed by atoms with E-state index in [9.17, 15) is 4.79 Å². The summed E-state index contributed by atoms with van der Waals surface area (Å²) in [7, 11) is 0. The smallest absolute Gasteiger partial charge is 0.145 e. The van der Waals surface area contributed by atoms with Crippen molar-refractivity contribution in [1.82, 2.24) is 0 Å². The van der Waals surface area contributed by atoms with Crippen LogP contribution in [0.2, 0.25) is 0 Å². The van der Waals surface area contributed by atoms with Crippen molar-refractivity contribution in [2.24, 2.45) is 5.92 Å². The molecule has 0 amide bonds. The summed E-state index contributed by atoms with van der Waals surface area (Å²) in [6.07, 6.45) is 6.79. The zero-order valence-corrected chi connectivity index (χ0v) is 9.53. The highest BCUT2D eigenvalue weighted by atomic mass is 32.2. The summed E-state index contributed by atoms with van der Waals surface area (Å²) in [6, 6.07) is 0. The predicted octanol–water partition coefficient (Wildman–Crippen LogP) is 3.28. The maximum Gasteiger partial charge on any atom is 0.145 e. The van der Waals surface area contributed by atoms with Gasteiger partial charge in [-0.05, 0) is 12.8 Å². The molecule has 0 aromatic rings. The molecule has 0 atom stereocenters. The van der Waals surface area contributed by atoms with E-state index in [4.69, 9.17) is 0 Å². The first-order valence-corrected chi connectivity index (χ1v) is 6.39. The average molecular weight is 200 g/mol. The zero-order chi connectivity index (χ0) is 9.68. The molecule has 0 heterocycles. The second-order valence-electron chi connectivity index (χ2n) is 4.19. The molecule has 1 saturated carbocycles. The number of rotatable bonds is 4. The number of hydrogen-bond acceptors (Lipinski definition) is 2. The van der Waals surface area contributed by atoms with Gasteiger partial charge in [-0.25, -0.2) is 0 Å². The second kappa shape index (κ2) is 5.69. The van der Waals surface area contributed by atoms with E-state index in [-0.39, 0.29) is 5.92 Å². The Labute approximate surface area is 85.7 Å². The Bertz CT molecular complexity index is 159. The maximum absolute atomic E-state index is 11.4. The van der Waals surface area contributed by atoms with Crippen LogP contribution in [-0.4, -0.2) is 16.8 Å². The Morgan fingerprint density at radius 2 is 1.92 bits per heavy atom. The molecule has 1 rings (SSSR count). The number of Topliss-reactive ketones (excluding diaryl/α,β-unsaturated/α-hetero) is 1. The van der Waals surface area contributed by atoms with Crippen LogP contribution < -0.4 is 0 Å². The molecule has 0 aliphatic heterocycles. The van der Waals surface area contributed by atoms with Crippen molar-refractivity contribution in [3.63, 3.8) is 0 Å². The van der Waals surface area contributed by atoms with Gasteiger partial charge in [0.15, 0.2) is 0 Å². The van der Waals surface area contributed by atoms with Gasteiger partial charge in [0.2, 0.25) is 0 Å². The minimum absolute atomic E-state index is 0.219. The third-order valence-corrected chi connectivity index (χ3v) is 4.05. The number of ketones is 1. The van der Waals surface area contributed by atoms with Gasteiger partial charge in [-0.2, -0.15) is 11.8 Å². The Morgan fingerprint density at radius 3 is 2.46 bits per heavy atom. The third kappa shape index (κ3) is 4.17. The molecule has 0 unspecified atom stereocenters. The van der Waals surface area contributed by atoms with Crippen LogP contribution in [0.25, 0.3) is 0 Å². The summed E-state index contributed by atoms with van der Waals surface area (Å²) in [6.45, 7) is 3.98. The molecule has 0 bridgehead atoms. The Balaban J connectivity index is 2.13. The molecule has 0 spiro atoms. The molecule has 13 heavy (non-hydrogen) atoms. The zero-order valence-electron chi connectivity index (χ0n) is 8.71. The first kappa shape index (κ1) is 11.1. The summed E-state index contributed by atoms with van der Waals surface area (Å²) >= 11 is 1.88. The molecule has 0 saturated heterocycles. The van der Waals surface area contributed by atoms with E-state index in [2.05, 4.69) is 0 Å². The fourth-order valence-corrected chi connectivity index (χ4v) is 3.00. The first-order chi connectivity index (χ1) is 6.20. The van der Waals surface area contributed by atoms with Gasteiger partial charge in [-0.15, -0.1) is 0 Å². The molecule has 76 valence electrons. The minimum atomic E-state index is 0.219. The van der Waals surface area contributed by atoms with Crippen molar-refractivity contribution in [2.75, 3.05) is 5.75 Å². The molecular weight excluding hydrogens is 180 g/mol. The van der Waals surface area contributed by atoms with Gasteiger partial charge < -0.3 is 0 Å². The molecule has 0 N–H and O–H groups in total. The molecular formula is C11H20OS. The molecule has 0 aromatic heterocycles. The number of carbonyl (C=O) groups is 1. The van der Waals surface area contributed by atoms with Crippen LogP contribution in [0.1, 0.15) is 46.0 Å². The number of carbonyl (C=O) groups excluding carboxylic acids is 1. The van der Waals surface area contributed by atoms with E-state index < -0.39 is 0 Å². The molecule has 0 aromatic carbocycles. The van der Waals surface area contributed by atoms with Crippen molar-refractivity contribution in [3.05, 3.63) is 0 Å². The highest BCUT2D eigenvalue weighted by Crippen LogP contribution is 2.28. The number of hydrogen-bond donors (Lipinski definition) is 0. The summed E-state index contributed by atoms with van der Waals surface area (Å²) < 4.78 is 0. The quantitative estimate of drug-likeness (QED) is 0.693. The molecule has 2 heteroatoms. The van der Waals surface area contributed by atoms with Crippen LogP contribution in [0, 0.1) is 5.92 Å². The van der Waals surface area contributed by atoms with Crippen molar-refractivity contribution in [2.45, 2.75) is 51.2 Å². The van der Waals surface area contributed by atoms with Crippen LogP contribution >= 0.6 is 11.8 Å². The van der Waals surface area contributed by atoms with Gasteiger partial charge >= 0.3 is 0 Å². The Morgan fingerprint density at radius 1 is 1.31 bits per heavy atom. The lowest BCUT2D eigenvalue weighted by Gasteiger charge is -2.20. The summed E-state index contributed by atoms with van der Waals surface area (Å²) in [5.41, 5.74) is 0. The molecule has 1 aliphatic carbocycles. The van der Waals surface area contributed by atoms with E-state index in [1.807, 2.05) is 25.6 Å². The van der Waals surface area contributed by atoms with Gasteiger partial charge in [-0.3, -0.25) is 4.79 Å². The maximum atomic E-state index is 11.4. The lowest BCUT2D eigenvalue weighted by atomic mass is 10.0. The van der Waals surface area contributed by atoms with E-state index in [1.54, 1.807) is 0 Å². The minimum Gasteiger partial charge on any atom is -0.298 e. The average Bonchev–Trinajstić information content (AvgIpc) is 2.15. The molecule has 1 fully saturated rings. The van der Waals surface area contributed by atoms with Crippen molar-refractivity contribution in [1.29, 1.82) is 0 Å². The van der Waals surface area contributed by atoms with Gasteiger partial charge in [0.25, 0.3) is 0 Å². The van der Waals surface area contributed by atoms with Crippen molar-refractivity contribution < 1.29 is 4.79 Å². The number of thioether (sulfide) groups is 1. The lowest BCUT2D eigenvalue weighted by Crippen LogP contribution is -2.15. The Hall–Kier alpha value is 0.0200. The summed E-state index contributed by atoms with van der Waals surface area (Å²) in [5.74, 6) is 1.37. The molecule has 1 nitrogen and oxygen atoms in total. The fraction of sp³-hybridized carbons (Fsp3) is 0.909. The highest BCUT2D eigenvalue weighted by Gasteiger charge is 2.16. The molecule has 1 aliphatic rings. The van der Waals surface area contributed by atoms with Crippen LogP contribution in [0.4, 0.5) is 0 Å². The van der Waals surface area contributed by atoms with Gasteiger partial charge in [0.1, 0.15) is 5.78 Å². The summed E-state index contributed by atoms with van der Waals surface area (Å²) in [4.78, 5) is 11.4. The topological polar surface area (TPSA) is 17.1 Å². The predicted molar refractivity (Wildman–Crippen MR) is 59.2 cm³/mol. The van der Waals surface area contributed by atoms with Crippen molar-refractivity contribution in [3.8, 4) is 0 Å². The van der Waals surface area contributed by atoms with E-state index >= 15 is 0 Å². The SMILES string of the molecule is CC(C)C(=O)CSC1CCCCC1. The molecule has 0 radical (unpaired) electrons. The lowest BCUT2D eigenvalue weighted by molar-refractivity contribution is -0.119. The van der Waals surface area contributed by atoms with Gasteiger partial charge in [0.05, 0.1) is 5.75 Å². The normalized spacial score (nSPS) is 19.3. The third-order valence-electron chi connectivity index (χ3n) is 2.66. The van der Waals surface area contributed by atoms with Gasteiger partial charge in [-0.1, -0.05) is 33.1 Å². The standard InChI is InChI=1S/C11H20OS/c1-9(2)11(12)8-13-10-6-4-3-5-7-10/h9-10H,3-8H2,1-2H3.